The van der Waals surface area contributed by atoms with Crippen LogP contribution in [-0.2, 0) is 15.6 Å². The quantitative estimate of drug-likeness (QED) is 0.904. The highest BCUT2D eigenvalue weighted by molar-refractivity contribution is 7.90. The lowest BCUT2D eigenvalue weighted by Gasteiger charge is -2.09. The van der Waals surface area contributed by atoms with Crippen molar-refractivity contribution in [2.45, 2.75) is 12.7 Å². The minimum Gasteiger partial charge on any atom is -0.330 e. The molecule has 1 heterocycles. The van der Waals surface area contributed by atoms with Crippen LogP contribution in [0.5, 0.6) is 0 Å². The second-order valence-electron chi connectivity index (χ2n) is 4.93. The summed E-state index contributed by atoms with van der Waals surface area (Å²) in [5, 5.41) is 0.960. The van der Waals surface area contributed by atoms with Crippen molar-refractivity contribution < 1.29 is 8.42 Å². The summed E-state index contributed by atoms with van der Waals surface area (Å²) in [7, 11) is -3.12. The van der Waals surface area contributed by atoms with E-state index in [4.69, 9.17) is 5.73 Å². The maximum absolute atomic E-state index is 12.0. The molecular formula is C14H18N2O2S. The van der Waals surface area contributed by atoms with E-state index in [0.717, 1.165) is 16.5 Å². The van der Waals surface area contributed by atoms with Crippen LogP contribution >= 0.6 is 0 Å². The van der Waals surface area contributed by atoms with Gasteiger partial charge >= 0.3 is 0 Å². The van der Waals surface area contributed by atoms with Crippen LogP contribution < -0.4 is 5.73 Å². The van der Waals surface area contributed by atoms with E-state index < -0.39 is 9.84 Å². The van der Waals surface area contributed by atoms with Gasteiger partial charge in [-0.25, -0.2) is 8.42 Å². The van der Waals surface area contributed by atoms with Crippen molar-refractivity contribution in [3.8, 4) is 0 Å². The van der Waals surface area contributed by atoms with Gasteiger partial charge in [0.15, 0.2) is 9.84 Å². The molecule has 5 heteroatoms. The highest BCUT2D eigenvalue weighted by Gasteiger charge is 2.16. The first-order valence-corrected chi connectivity index (χ1v) is 8.06. The lowest BCUT2D eigenvalue weighted by Crippen LogP contribution is -2.22. The second-order valence-corrected chi connectivity index (χ2v) is 7.04. The lowest BCUT2D eigenvalue weighted by molar-refractivity contribution is 0.573. The Labute approximate surface area is 113 Å². The van der Waals surface area contributed by atoms with Gasteiger partial charge in [-0.1, -0.05) is 19.1 Å². The summed E-state index contributed by atoms with van der Waals surface area (Å²) >= 11 is 0. The minimum absolute atomic E-state index is 0.00729. The Balaban J connectivity index is 2.21. The number of hydrogen-bond acceptors (Lipinski definition) is 4. The monoisotopic (exact) mass is 278 g/mol. The molecule has 2 aromatic rings. The molecule has 4 nitrogen and oxygen atoms in total. The highest BCUT2D eigenvalue weighted by atomic mass is 32.2. The Morgan fingerprint density at radius 1 is 1.32 bits per heavy atom. The summed E-state index contributed by atoms with van der Waals surface area (Å²) in [4.78, 5) is 4.21. The van der Waals surface area contributed by atoms with E-state index in [1.54, 1.807) is 6.20 Å². The first-order valence-electron chi connectivity index (χ1n) is 6.24. The number of nitrogens with two attached hydrogens (primary N) is 1. The van der Waals surface area contributed by atoms with E-state index in [9.17, 15) is 8.42 Å². The normalized spacial score (nSPS) is 13.6. The van der Waals surface area contributed by atoms with Crippen LogP contribution in [0.2, 0.25) is 0 Å². The standard InChI is InChI=1S/C14H18N2O2S/c1-11(8-15)9-19(17,18)10-12-4-5-14-13(7-12)3-2-6-16-14/h2-7,11H,8-10,15H2,1H3. The summed E-state index contributed by atoms with van der Waals surface area (Å²) < 4.78 is 24.1. The molecule has 0 aliphatic carbocycles. The van der Waals surface area contributed by atoms with Gasteiger partial charge in [-0.2, -0.15) is 0 Å². The average Bonchev–Trinajstić information content (AvgIpc) is 2.37. The molecule has 19 heavy (non-hydrogen) atoms. The molecule has 0 aliphatic heterocycles. The van der Waals surface area contributed by atoms with Gasteiger partial charge < -0.3 is 5.73 Å². The van der Waals surface area contributed by atoms with Crippen molar-refractivity contribution in [3.05, 3.63) is 42.1 Å². The Kier molecular flexibility index (Phi) is 4.17. The van der Waals surface area contributed by atoms with Crippen molar-refractivity contribution in [2.24, 2.45) is 11.7 Å². The van der Waals surface area contributed by atoms with Crippen LogP contribution in [0.3, 0.4) is 0 Å². The van der Waals surface area contributed by atoms with E-state index in [0.29, 0.717) is 6.54 Å². The Morgan fingerprint density at radius 3 is 2.84 bits per heavy atom. The summed E-state index contributed by atoms with van der Waals surface area (Å²) in [5.41, 5.74) is 7.14. The molecule has 0 fully saturated rings. The molecule has 1 atom stereocenters. The fourth-order valence-electron chi connectivity index (χ4n) is 2.03. The van der Waals surface area contributed by atoms with Crippen molar-refractivity contribution in [3.63, 3.8) is 0 Å². The zero-order chi connectivity index (χ0) is 13.9. The van der Waals surface area contributed by atoms with Crippen LogP contribution in [0.4, 0.5) is 0 Å². The van der Waals surface area contributed by atoms with Gasteiger partial charge in [-0.3, -0.25) is 4.98 Å². The SMILES string of the molecule is CC(CN)CS(=O)(=O)Cc1ccc2ncccc2c1. The maximum atomic E-state index is 12.0. The number of nitrogens with zero attached hydrogens (tertiary/aromatic N) is 1. The minimum atomic E-state index is -3.12. The van der Waals surface area contributed by atoms with E-state index >= 15 is 0 Å². The van der Waals surface area contributed by atoms with Crippen molar-refractivity contribution >= 4 is 20.7 Å². The third-order valence-corrected chi connectivity index (χ3v) is 4.84. The second kappa shape index (κ2) is 5.67. The molecule has 102 valence electrons. The van der Waals surface area contributed by atoms with Crippen LogP contribution in [0.25, 0.3) is 10.9 Å². The Hall–Kier alpha value is -1.46. The molecule has 0 saturated carbocycles. The summed E-state index contributed by atoms with van der Waals surface area (Å²) in [5.74, 6) is 0.184. The lowest BCUT2D eigenvalue weighted by atomic mass is 10.1. The van der Waals surface area contributed by atoms with Gasteiger partial charge in [0.1, 0.15) is 0 Å². The van der Waals surface area contributed by atoms with Gasteiger partial charge in [0.2, 0.25) is 0 Å². The molecule has 0 spiro atoms. The molecule has 2 rings (SSSR count). The average molecular weight is 278 g/mol. The predicted molar refractivity (Wildman–Crippen MR) is 77.5 cm³/mol. The smallest absolute Gasteiger partial charge is 0.154 e. The molecule has 0 saturated heterocycles. The molecule has 1 aromatic heterocycles. The fraction of sp³-hybridized carbons (Fsp3) is 0.357. The zero-order valence-corrected chi connectivity index (χ0v) is 11.7. The molecule has 0 radical (unpaired) electrons. The molecule has 0 bridgehead atoms. The van der Waals surface area contributed by atoms with Crippen LogP contribution in [0.15, 0.2) is 36.5 Å². The molecule has 1 unspecified atom stereocenters. The molecular weight excluding hydrogens is 260 g/mol. The van der Waals surface area contributed by atoms with Gasteiger partial charge in [0.25, 0.3) is 0 Å². The summed E-state index contributed by atoms with van der Waals surface area (Å²) in [6, 6.07) is 9.33. The van der Waals surface area contributed by atoms with Gasteiger partial charge in [-0.05, 0) is 36.2 Å². The highest BCUT2D eigenvalue weighted by Crippen LogP contribution is 2.16. The summed E-state index contributed by atoms with van der Waals surface area (Å²) in [6.07, 6.45) is 1.72. The maximum Gasteiger partial charge on any atom is 0.154 e. The van der Waals surface area contributed by atoms with Gasteiger partial charge in [0, 0.05) is 11.6 Å². The van der Waals surface area contributed by atoms with Crippen molar-refractivity contribution in [1.82, 2.24) is 4.98 Å². The van der Waals surface area contributed by atoms with Crippen molar-refractivity contribution in [2.75, 3.05) is 12.3 Å². The number of hydrogen-bond donors (Lipinski definition) is 1. The number of fused-ring (bicyclic) bond motifs is 1. The van der Waals surface area contributed by atoms with Gasteiger partial charge in [-0.15, -0.1) is 0 Å². The van der Waals surface area contributed by atoms with E-state index in [1.165, 1.54) is 0 Å². The third-order valence-electron chi connectivity index (χ3n) is 2.99. The summed E-state index contributed by atoms with van der Waals surface area (Å²) in [6.45, 7) is 2.24. The molecule has 2 N–H and O–H groups in total. The number of rotatable bonds is 5. The molecule has 1 aromatic carbocycles. The zero-order valence-electron chi connectivity index (χ0n) is 10.9. The molecule has 0 aliphatic rings. The topological polar surface area (TPSA) is 73.1 Å². The third kappa shape index (κ3) is 3.75. The van der Waals surface area contributed by atoms with E-state index in [-0.39, 0.29) is 17.4 Å². The van der Waals surface area contributed by atoms with Crippen LogP contribution in [0, 0.1) is 5.92 Å². The Morgan fingerprint density at radius 2 is 2.11 bits per heavy atom. The van der Waals surface area contributed by atoms with Gasteiger partial charge in [0.05, 0.1) is 17.0 Å². The van der Waals surface area contributed by atoms with E-state index in [1.807, 2.05) is 37.3 Å². The Bertz CT molecular complexity index is 668. The predicted octanol–water partition coefficient (Wildman–Crippen LogP) is 1.74. The number of pyridine rings is 1. The van der Waals surface area contributed by atoms with Crippen LogP contribution in [0.1, 0.15) is 12.5 Å². The van der Waals surface area contributed by atoms with Crippen LogP contribution in [-0.4, -0.2) is 25.7 Å². The van der Waals surface area contributed by atoms with E-state index in [2.05, 4.69) is 4.98 Å². The first-order chi connectivity index (χ1) is 9.00. The number of aromatic nitrogens is 1. The first kappa shape index (κ1) is 14.0. The van der Waals surface area contributed by atoms with Crippen molar-refractivity contribution in [1.29, 1.82) is 0 Å². The largest absolute Gasteiger partial charge is 0.330 e. The number of benzene rings is 1. The molecule has 0 amide bonds. The fourth-order valence-corrected chi connectivity index (χ4v) is 3.84. The number of sulfone groups is 1.